The van der Waals surface area contributed by atoms with Crippen molar-refractivity contribution >= 4 is 18.3 Å². The summed E-state index contributed by atoms with van der Waals surface area (Å²) >= 11 is 0. The lowest BCUT2D eigenvalue weighted by Crippen LogP contribution is -2.37. The second-order valence-corrected chi connectivity index (χ2v) is 6.09. The number of benzene rings is 1. The van der Waals surface area contributed by atoms with E-state index in [1.807, 2.05) is 41.2 Å². The number of carbonyl (C=O) groups excluding carboxylic acids is 1. The Morgan fingerprint density at radius 1 is 1.26 bits per heavy atom. The highest BCUT2D eigenvalue weighted by atomic mass is 35.5. The molecule has 2 fully saturated rings. The number of fused-ring (bicyclic) bond motifs is 1. The quantitative estimate of drug-likeness (QED) is 0.929. The number of halogens is 1. The van der Waals surface area contributed by atoms with Crippen molar-refractivity contribution in [3.05, 3.63) is 48.3 Å². The maximum absolute atomic E-state index is 12.1. The van der Waals surface area contributed by atoms with E-state index in [-0.39, 0.29) is 18.3 Å². The maximum Gasteiger partial charge on any atom is 0.224 e. The minimum Gasteiger partial charge on any atom is -0.338 e. The lowest BCUT2D eigenvalue weighted by atomic mass is 10.1. The Bertz CT molecular complexity index is 672. The molecule has 5 nitrogen and oxygen atoms in total. The Balaban J connectivity index is 0.00000156. The van der Waals surface area contributed by atoms with E-state index in [1.165, 1.54) is 5.56 Å². The number of likely N-dealkylation sites (tertiary alicyclic amines) is 1. The van der Waals surface area contributed by atoms with Crippen LogP contribution in [-0.4, -0.2) is 45.8 Å². The van der Waals surface area contributed by atoms with Crippen LogP contribution in [-0.2, 0) is 11.2 Å². The van der Waals surface area contributed by atoms with Crippen LogP contribution in [0, 0.1) is 0 Å². The van der Waals surface area contributed by atoms with Gasteiger partial charge in [0.05, 0.1) is 11.9 Å². The Hall–Kier alpha value is -1.85. The topological polar surface area (TPSA) is 50.2 Å². The fraction of sp³-hybridized carbons (Fsp3) is 0.412. The van der Waals surface area contributed by atoms with Crippen LogP contribution in [0.2, 0.25) is 0 Å². The lowest BCUT2D eigenvalue weighted by molar-refractivity contribution is -0.129. The second kappa shape index (κ2) is 6.72. The van der Waals surface area contributed by atoms with Gasteiger partial charge in [-0.3, -0.25) is 4.79 Å². The maximum atomic E-state index is 12.1. The molecule has 1 aromatic heterocycles. The van der Waals surface area contributed by atoms with Crippen molar-refractivity contribution in [3.8, 4) is 5.69 Å². The first kappa shape index (κ1) is 16.0. The Morgan fingerprint density at radius 2 is 2.09 bits per heavy atom. The predicted molar refractivity (Wildman–Crippen MR) is 91.0 cm³/mol. The van der Waals surface area contributed by atoms with Gasteiger partial charge in [-0.05, 0) is 37.1 Å². The Labute approximate surface area is 142 Å². The summed E-state index contributed by atoms with van der Waals surface area (Å²) in [4.78, 5) is 14.2. The highest BCUT2D eigenvalue weighted by Crippen LogP contribution is 2.26. The number of para-hydroxylation sites is 1. The van der Waals surface area contributed by atoms with E-state index in [1.54, 1.807) is 0 Å². The van der Waals surface area contributed by atoms with Gasteiger partial charge in [-0.2, -0.15) is 5.10 Å². The summed E-state index contributed by atoms with van der Waals surface area (Å²) in [7, 11) is 0. The summed E-state index contributed by atoms with van der Waals surface area (Å²) in [5.74, 6) is 0.289. The van der Waals surface area contributed by atoms with Gasteiger partial charge < -0.3 is 10.2 Å². The van der Waals surface area contributed by atoms with Gasteiger partial charge in [0.1, 0.15) is 0 Å². The lowest BCUT2D eigenvalue weighted by Gasteiger charge is -2.23. The number of nitrogens with zero attached hydrogens (tertiary/aromatic N) is 3. The predicted octanol–water partition coefficient (Wildman–Crippen LogP) is 1.80. The van der Waals surface area contributed by atoms with E-state index in [0.29, 0.717) is 18.5 Å². The Morgan fingerprint density at radius 3 is 2.91 bits per heavy atom. The molecule has 0 saturated carbocycles. The molecule has 1 N–H and O–H groups in total. The minimum absolute atomic E-state index is 0. The molecule has 0 bridgehead atoms. The number of amides is 1. The fourth-order valence-corrected chi connectivity index (χ4v) is 3.58. The summed E-state index contributed by atoms with van der Waals surface area (Å²) in [5.41, 5.74) is 2.23. The first-order valence-corrected chi connectivity index (χ1v) is 7.93. The van der Waals surface area contributed by atoms with Gasteiger partial charge in [0.25, 0.3) is 0 Å². The number of nitrogens with one attached hydrogen (secondary N) is 1. The molecule has 1 amide bonds. The van der Waals surface area contributed by atoms with E-state index < -0.39 is 0 Å². The molecule has 2 aromatic rings. The van der Waals surface area contributed by atoms with Crippen LogP contribution in [0.15, 0.2) is 42.7 Å². The van der Waals surface area contributed by atoms with Crippen molar-refractivity contribution in [3.63, 3.8) is 0 Å². The monoisotopic (exact) mass is 332 g/mol. The van der Waals surface area contributed by atoms with Crippen LogP contribution >= 0.6 is 12.4 Å². The summed E-state index contributed by atoms with van der Waals surface area (Å²) in [6.07, 6.45) is 6.56. The molecule has 23 heavy (non-hydrogen) atoms. The van der Waals surface area contributed by atoms with Gasteiger partial charge in [-0.15, -0.1) is 12.4 Å². The van der Waals surface area contributed by atoms with Crippen LogP contribution in [0.1, 0.15) is 18.4 Å². The highest BCUT2D eigenvalue weighted by molar-refractivity contribution is 5.85. The van der Waals surface area contributed by atoms with Gasteiger partial charge in [0, 0.05) is 31.2 Å². The van der Waals surface area contributed by atoms with Gasteiger partial charge in [0.15, 0.2) is 0 Å². The van der Waals surface area contributed by atoms with E-state index in [2.05, 4.69) is 21.5 Å². The van der Waals surface area contributed by atoms with Gasteiger partial charge >= 0.3 is 0 Å². The molecular formula is C17H21ClN4O. The molecule has 0 spiro atoms. The first-order valence-electron chi connectivity index (χ1n) is 7.93. The Kier molecular flexibility index (Phi) is 4.68. The van der Waals surface area contributed by atoms with E-state index in [0.717, 1.165) is 31.6 Å². The number of hydrogen-bond acceptors (Lipinski definition) is 3. The van der Waals surface area contributed by atoms with Gasteiger partial charge in [0.2, 0.25) is 5.91 Å². The van der Waals surface area contributed by atoms with Crippen molar-refractivity contribution in [1.82, 2.24) is 20.0 Å². The largest absolute Gasteiger partial charge is 0.338 e. The molecule has 2 aliphatic heterocycles. The average molecular weight is 333 g/mol. The first-order chi connectivity index (χ1) is 10.8. The number of hydrogen-bond donors (Lipinski definition) is 1. The zero-order valence-electron chi connectivity index (χ0n) is 12.9. The zero-order chi connectivity index (χ0) is 14.9. The second-order valence-electron chi connectivity index (χ2n) is 6.09. The van der Waals surface area contributed by atoms with Gasteiger partial charge in [-0.25, -0.2) is 4.68 Å². The van der Waals surface area contributed by atoms with Crippen molar-refractivity contribution in [2.24, 2.45) is 0 Å². The number of rotatable bonds is 4. The van der Waals surface area contributed by atoms with Crippen molar-refractivity contribution in [1.29, 1.82) is 0 Å². The van der Waals surface area contributed by atoms with E-state index >= 15 is 0 Å². The van der Waals surface area contributed by atoms with E-state index in [4.69, 9.17) is 0 Å². The zero-order valence-corrected chi connectivity index (χ0v) is 13.7. The number of carbonyl (C=O) groups is 1. The molecule has 3 heterocycles. The molecular weight excluding hydrogens is 312 g/mol. The third-order valence-corrected chi connectivity index (χ3v) is 4.72. The van der Waals surface area contributed by atoms with Gasteiger partial charge in [-0.1, -0.05) is 18.2 Å². The normalized spacial score (nSPS) is 23.0. The number of aromatic nitrogens is 2. The molecule has 6 heteroatoms. The molecule has 0 aliphatic carbocycles. The standard InChI is InChI=1S/C17H20N4O.ClH/c22-17-10-15-16(6-8-18-15)20(17)9-7-13-11-19-21(12-13)14-4-2-1-3-5-14;/h1-5,11-12,15-16,18H,6-10H2;1H/t15-,16-;/m1./s1. The molecule has 0 unspecified atom stereocenters. The molecule has 1 aromatic carbocycles. The van der Waals surface area contributed by atoms with E-state index in [9.17, 15) is 4.79 Å². The molecule has 4 rings (SSSR count). The molecule has 0 radical (unpaired) electrons. The van der Waals surface area contributed by atoms with Crippen LogP contribution in [0.5, 0.6) is 0 Å². The summed E-state index contributed by atoms with van der Waals surface area (Å²) in [6, 6.07) is 10.9. The fourth-order valence-electron chi connectivity index (χ4n) is 3.58. The van der Waals surface area contributed by atoms with Crippen molar-refractivity contribution < 1.29 is 4.79 Å². The summed E-state index contributed by atoms with van der Waals surface area (Å²) < 4.78 is 1.89. The molecule has 2 atom stereocenters. The summed E-state index contributed by atoms with van der Waals surface area (Å²) in [6.45, 7) is 1.83. The third kappa shape index (κ3) is 3.12. The van der Waals surface area contributed by atoms with Crippen LogP contribution < -0.4 is 5.32 Å². The summed E-state index contributed by atoms with van der Waals surface area (Å²) in [5, 5.41) is 7.84. The SMILES string of the molecule is Cl.O=C1C[C@H]2NCC[C@H]2N1CCc1cnn(-c2ccccc2)c1. The van der Waals surface area contributed by atoms with Crippen molar-refractivity contribution in [2.45, 2.75) is 31.3 Å². The van der Waals surface area contributed by atoms with Crippen LogP contribution in [0.25, 0.3) is 5.69 Å². The average Bonchev–Trinajstić information content (AvgIpc) is 3.23. The third-order valence-electron chi connectivity index (χ3n) is 4.72. The van der Waals surface area contributed by atoms with Crippen LogP contribution in [0.3, 0.4) is 0 Å². The van der Waals surface area contributed by atoms with Crippen molar-refractivity contribution in [2.75, 3.05) is 13.1 Å². The molecule has 122 valence electrons. The van der Waals surface area contributed by atoms with Crippen LogP contribution in [0.4, 0.5) is 0 Å². The smallest absolute Gasteiger partial charge is 0.224 e. The minimum atomic E-state index is 0. The molecule has 2 saturated heterocycles. The molecule has 2 aliphatic rings. The highest BCUT2D eigenvalue weighted by Gasteiger charge is 2.41.